The molecule has 0 aliphatic heterocycles. The van der Waals surface area contributed by atoms with Crippen LogP contribution in [0.5, 0.6) is 11.8 Å². The van der Waals surface area contributed by atoms with Crippen LogP contribution in [-0.4, -0.2) is 56.7 Å². The molecule has 4 N–H and O–H groups in total. The first-order chi connectivity index (χ1) is 14.3. The van der Waals surface area contributed by atoms with Gasteiger partial charge in [-0.2, -0.15) is 15.1 Å². The van der Waals surface area contributed by atoms with Gasteiger partial charge in [0.05, 0.1) is 37.5 Å². The summed E-state index contributed by atoms with van der Waals surface area (Å²) in [5.41, 5.74) is 7.54. The van der Waals surface area contributed by atoms with Crippen molar-refractivity contribution in [2.45, 2.75) is 25.5 Å². The van der Waals surface area contributed by atoms with Gasteiger partial charge >= 0.3 is 6.01 Å². The largest absolute Gasteiger partial charge is 0.497 e. The van der Waals surface area contributed by atoms with E-state index in [4.69, 9.17) is 20.3 Å². The zero-order chi connectivity index (χ0) is 21.9. The number of fused-ring (bicyclic) bond motifs is 1. The van der Waals surface area contributed by atoms with Gasteiger partial charge in [-0.1, -0.05) is 13.0 Å². The van der Waals surface area contributed by atoms with Gasteiger partial charge in [-0.25, -0.2) is 4.68 Å². The van der Waals surface area contributed by atoms with Crippen molar-refractivity contribution in [3.8, 4) is 11.8 Å². The van der Waals surface area contributed by atoms with Crippen LogP contribution in [0.25, 0.3) is 11.0 Å². The molecule has 2 atom stereocenters. The summed E-state index contributed by atoms with van der Waals surface area (Å²) in [6.07, 6.45) is 2.10. The molecule has 0 fully saturated rings. The summed E-state index contributed by atoms with van der Waals surface area (Å²) in [6.45, 7) is 3.46. The highest BCUT2D eigenvalue weighted by atomic mass is 31.2. The Balaban J connectivity index is 2.01. The van der Waals surface area contributed by atoms with Crippen LogP contribution in [0.1, 0.15) is 30.1 Å². The van der Waals surface area contributed by atoms with E-state index in [9.17, 15) is 9.46 Å². The fourth-order valence-corrected chi connectivity index (χ4v) is 4.76. The van der Waals surface area contributed by atoms with Gasteiger partial charge in [-0.3, -0.25) is 4.57 Å². The number of ether oxygens (including phenoxy) is 2. The van der Waals surface area contributed by atoms with Gasteiger partial charge in [0.2, 0.25) is 7.37 Å². The lowest BCUT2D eigenvalue weighted by Gasteiger charge is -2.20. The quantitative estimate of drug-likeness (QED) is 0.430. The first-order valence-electron chi connectivity index (χ1n) is 9.47. The van der Waals surface area contributed by atoms with Crippen molar-refractivity contribution in [2.24, 2.45) is 0 Å². The second kappa shape index (κ2) is 8.99. The monoisotopic (exact) mass is 435 g/mol. The van der Waals surface area contributed by atoms with Crippen molar-refractivity contribution in [2.75, 3.05) is 32.7 Å². The molecule has 0 amide bonds. The molecule has 3 aromatic rings. The van der Waals surface area contributed by atoms with Crippen LogP contribution in [0.3, 0.4) is 0 Å². The summed E-state index contributed by atoms with van der Waals surface area (Å²) in [6, 6.07) is 5.56. The van der Waals surface area contributed by atoms with Crippen LogP contribution in [0.4, 0.5) is 5.82 Å². The second-order valence-corrected chi connectivity index (χ2v) is 9.49. The van der Waals surface area contributed by atoms with E-state index in [1.165, 1.54) is 6.66 Å². The third-order valence-corrected chi connectivity index (χ3v) is 6.55. The summed E-state index contributed by atoms with van der Waals surface area (Å²) < 4.78 is 24.7. The van der Waals surface area contributed by atoms with Crippen molar-refractivity contribution in [3.05, 3.63) is 35.5 Å². The van der Waals surface area contributed by atoms with Crippen molar-refractivity contribution < 1.29 is 24.0 Å². The predicted octanol–water partition coefficient (Wildman–Crippen LogP) is 2.19. The number of nitrogens with two attached hydrogens (primary N) is 1. The first kappa shape index (κ1) is 22.0. The number of aromatic nitrogens is 4. The van der Waals surface area contributed by atoms with Gasteiger partial charge in [-0.05, 0) is 29.7 Å². The molecule has 0 spiro atoms. The van der Waals surface area contributed by atoms with E-state index in [-0.39, 0.29) is 25.0 Å². The average molecular weight is 435 g/mol. The molecule has 2 unspecified atom stereocenters. The van der Waals surface area contributed by atoms with Gasteiger partial charge in [0.15, 0.2) is 5.65 Å². The third kappa shape index (κ3) is 4.72. The molecule has 0 aliphatic rings. The SMILES string of the molecule is CCC(c1cc(Cn2ncc3c(N)nc(OCCO)nc32)cc(OC)c1)P(C)(=O)O. The first-order valence-corrected chi connectivity index (χ1v) is 11.6. The maximum absolute atomic E-state index is 12.3. The highest BCUT2D eigenvalue weighted by Crippen LogP contribution is 2.54. The molecule has 2 aromatic heterocycles. The molecular weight excluding hydrogens is 409 g/mol. The number of nitrogen functional groups attached to an aromatic ring is 1. The summed E-state index contributed by atoms with van der Waals surface area (Å²) in [5.74, 6) is 0.815. The maximum atomic E-state index is 12.3. The standard InChI is InChI=1S/C19H26N5O5P/c1-4-16(30(3,26)27)13-7-12(8-14(9-13)28-2)11-24-18-15(10-21-24)17(20)22-19(23-18)29-6-5-25/h7-10,16,25H,4-6,11H2,1-3H3,(H,26,27)(H2,20,22,23). The fraction of sp³-hybridized carbons (Fsp3) is 0.421. The molecule has 3 rings (SSSR count). The molecule has 11 heteroatoms. The Hall–Kier alpha value is -2.68. The van der Waals surface area contributed by atoms with Crippen LogP contribution < -0.4 is 15.2 Å². The Morgan fingerprint density at radius 1 is 1.30 bits per heavy atom. The Labute approximate surface area is 174 Å². The summed E-state index contributed by atoms with van der Waals surface area (Å²) in [5, 5.41) is 13.9. The molecule has 162 valence electrons. The van der Waals surface area contributed by atoms with Gasteiger partial charge in [0.25, 0.3) is 0 Å². The second-order valence-electron chi connectivity index (χ2n) is 6.98. The number of aliphatic hydroxyl groups is 1. The van der Waals surface area contributed by atoms with Crippen LogP contribution in [0.15, 0.2) is 24.4 Å². The Kier molecular flexibility index (Phi) is 6.60. The number of rotatable bonds is 9. The lowest BCUT2D eigenvalue weighted by Crippen LogP contribution is -2.09. The fourth-order valence-electron chi connectivity index (χ4n) is 3.39. The molecule has 2 heterocycles. The normalized spacial score (nSPS) is 14.4. The number of hydrogen-bond acceptors (Lipinski definition) is 8. The molecule has 30 heavy (non-hydrogen) atoms. The summed E-state index contributed by atoms with van der Waals surface area (Å²) in [7, 11) is -1.78. The number of nitrogens with zero attached hydrogens (tertiary/aromatic N) is 4. The third-order valence-electron chi connectivity index (χ3n) is 4.73. The predicted molar refractivity (Wildman–Crippen MR) is 113 cm³/mol. The molecule has 0 bridgehead atoms. The van der Waals surface area contributed by atoms with E-state index in [1.807, 2.05) is 19.1 Å². The molecule has 0 aliphatic carbocycles. The summed E-state index contributed by atoms with van der Waals surface area (Å²) in [4.78, 5) is 18.6. The number of hydrogen-bond donors (Lipinski definition) is 3. The minimum atomic E-state index is -3.33. The molecule has 0 saturated heterocycles. The van der Waals surface area contributed by atoms with Crippen molar-refractivity contribution in [3.63, 3.8) is 0 Å². The minimum absolute atomic E-state index is 0.0506. The van der Waals surface area contributed by atoms with Crippen molar-refractivity contribution in [1.82, 2.24) is 19.7 Å². The minimum Gasteiger partial charge on any atom is -0.497 e. The number of methoxy groups -OCH3 is 1. The van der Waals surface area contributed by atoms with E-state index in [0.717, 1.165) is 11.1 Å². The van der Waals surface area contributed by atoms with Crippen LogP contribution >= 0.6 is 7.37 Å². The Bertz CT molecular complexity index is 1080. The number of benzene rings is 1. The van der Waals surface area contributed by atoms with E-state index in [1.54, 1.807) is 24.1 Å². The number of anilines is 1. The lowest BCUT2D eigenvalue weighted by molar-refractivity contribution is 0.192. The van der Waals surface area contributed by atoms with Crippen LogP contribution in [0.2, 0.25) is 0 Å². The van der Waals surface area contributed by atoms with Crippen LogP contribution in [-0.2, 0) is 11.1 Å². The molecule has 0 saturated carbocycles. The summed E-state index contributed by atoms with van der Waals surface area (Å²) >= 11 is 0. The highest BCUT2D eigenvalue weighted by molar-refractivity contribution is 7.57. The van der Waals surface area contributed by atoms with E-state index < -0.39 is 13.0 Å². The average Bonchev–Trinajstić information content (AvgIpc) is 3.09. The molecule has 1 aromatic carbocycles. The van der Waals surface area contributed by atoms with Gasteiger partial charge < -0.3 is 25.2 Å². The Morgan fingerprint density at radius 3 is 2.70 bits per heavy atom. The number of aliphatic hydroxyl groups excluding tert-OH is 1. The van der Waals surface area contributed by atoms with Crippen molar-refractivity contribution >= 4 is 24.2 Å². The Morgan fingerprint density at radius 2 is 2.07 bits per heavy atom. The van der Waals surface area contributed by atoms with Gasteiger partial charge in [0.1, 0.15) is 18.2 Å². The lowest BCUT2D eigenvalue weighted by atomic mass is 10.1. The zero-order valence-corrected chi connectivity index (χ0v) is 18.0. The van der Waals surface area contributed by atoms with Crippen LogP contribution in [0, 0.1) is 0 Å². The van der Waals surface area contributed by atoms with Gasteiger partial charge in [0, 0.05) is 6.66 Å². The van der Waals surface area contributed by atoms with Gasteiger partial charge in [-0.15, -0.1) is 0 Å². The molecular formula is C19H26N5O5P. The topological polar surface area (TPSA) is 146 Å². The van der Waals surface area contributed by atoms with Crippen molar-refractivity contribution in [1.29, 1.82) is 0 Å². The molecule has 10 nitrogen and oxygen atoms in total. The molecule has 0 radical (unpaired) electrons. The zero-order valence-electron chi connectivity index (χ0n) is 17.1. The highest BCUT2D eigenvalue weighted by Gasteiger charge is 2.26. The maximum Gasteiger partial charge on any atom is 0.320 e. The van der Waals surface area contributed by atoms with E-state index in [2.05, 4.69) is 15.1 Å². The van der Waals surface area contributed by atoms with E-state index >= 15 is 0 Å². The smallest absolute Gasteiger partial charge is 0.320 e. The van der Waals surface area contributed by atoms with E-state index in [0.29, 0.717) is 29.7 Å².